The predicted molar refractivity (Wildman–Crippen MR) is 71.2 cm³/mol. The third-order valence-corrected chi connectivity index (χ3v) is 3.82. The summed E-state index contributed by atoms with van der Waals surface area (Å²) in [7, 11) is 1.90. The van der Waals surface area contributed by atoms with E-state index in [9.17, 15) is 0 Å². The molecule has 2 rings (SSSR count). The van der Waals surface area contributed by atoms with Gasteiger partial charge in [0.25, 0.3) is 0 Å². The molecule has 1 heterocycles. The monoisotopic (exact) mass is 294 g/mol. The van der Waals surface area contributed by atoms with Gasteiger partial charge in [0.15, 0.2) is 0 Å². The number of halogens is 1. The van der Waals surface area contributed by atoms with Crippen molar-refractivity contribution in [1.82, 2.24) is 9.78 Å². The van der Waals surface area contributed by atoms with Crippen LogP contribution in [0.1, 0.15) is 16.8 Å². The second kappa shape index (κ2) is 4.92. The van der Waals surface area contributed by atoms with Crippen LogP contribution in [0.3, 0.4) is 0 Å². The molecule has 0 unspecified atom stereocenters. The number of ether oxygens (including phenoxy) is 1. The average molecular weight is 295 g/mol. The molecule has 1 aromatic heterocycles. The third-order valence-electron chi connectivity index (χ3n) is 2.57. The molecule has 0 saturated heterocycles. The van der Waals surface area contributed by atoms with E-state index in [1.165, 1.54) is 11.1 Å². The summed E-state index contributed by atoms with van der Waals surface area (Å²) in [4.78, 5) is 0. The Labute approximate surface area is 110 Å². The standard InChI is InChI=1S/C13H15BrN2O/c1-9-6-12(7-10(2)13(9)14)17-8-11-4-5-16(3)15-11/h4-7H,8H2,1-3H3. The Bertz CT molecular complexity index is 511. The Morgan fingerprint density at radius 1 is 1.29 bits per heavy atom. The smallest absolute Gasteiger partial charge is 0.132 e. The Morgan fingerprint density at radius 3 is 2.47 bits per heavy atom. The topological polar surface area (TPSA) is 27.1 Å². The number of rotatable bonds is 3. The van der Waals surface area contributed by atoms with E-state index in [2.05, 4.69) is 34.9 Å². The lowest BCUT2D eigenvalue weighted by atomic mass is 10.1. The van der Waals surface area contributed by atoms with Crippen molar-refractivity contribution < 1.29 is 4.74 Å². The zero-order chi connectivity index (χ0) is 12.4. The van der Waals surface area contributed by atoms with Gasteiger partial charge in [0.05, 0.1) is 5.69 Å². The molecular formula is C13H15BrN2O. The van der Waals surface area contributed by atoms with E-state index in [1.54, 1.807) is 4.68 Å². The molecule has 0 spiro atoms. The normalized spacial score (nSPS) is 10.6. The highest BCUT2D eigenvalue weighted by Crippen LogP contribution is 2.26. The van der Waals surface area contributed by atoms with Gasteiger partial charge in [0, 0.05) is 17.7 Å². The van der Waals surface area contributed by atoms with Crippen LogP contribution in [-0.4, -0.2) is 9.78 Å². The van der Waals surface area contributed by atoms with Crippen molar-refractivity contribution in [3.8, 4) is 5.75 Å². The predicted octanol–water partition coefficient (Wildman–Crippen LogP) is 3.38. The first-order valence-electron chi connectivity index (χ1n) is 5.44. The van der Waals surface area contributed by atoms with Gasteiger partial charge in [0.1, 0.15) is 12.4 Å². The first-order valence-corrected chi connectivity index (χ1v) is 6.23. The zero-order valence-electron chi connectivity index (χ0n) is 10.2. The van der Waals surface area contributed by atoms with Crippen LogP contribution in [-0.2, 0) is 13.7 Å². The van der Waals surface area contributed by atoms with Crippen molar-refractivity contribution in [1.29, 1.82) is 0 Å². The second-order valence-electron chi connectivity index (χ2n) is 4.14. The Kier molecular flexibility index (Phi) is 3.52. The fourth-order valence-corrected chi connectivity index (χ4v) is 1.92. The van der Waals surface area contributed by atoms with E-state index < -0.39 is 0 Å². The van der Waals surface area contributed by atoms with Gasteiger partial charge in [-0.2, -0.15) is 5.10 Å². The maximum absolute atomic E-state index is 5.73. The largest absolute Gasteiger partial charge is 0.487 e. The molecule has 0 bridgehead atoms. The van der Waals surface area contributed by atoms with Gasteiger partial charge in [-0.25, -0.2) is 0 Å². The molecule has 0 fully saturated rings. The van der Waals surface area contributed by atoms with E-state index in [4.69, 9.17) is 4.74 Å². The minimum Gasteiger partial charge on any atom is -0.487 e. The number of benzene rings is 1. The minimum absolute atomic E-state index is 0.501. The van der Waals surface area contributed by atoms with Crippen molar-refractivity contribution in [2.45, 2.75) is 20.5 Å². The van der Waals surface area contributed by atoms with Gasteiger partial charge in [-0.3, -0.25) is 4.68 Å². The third kappa shape index (κ3) is 2.88. The highest BCUT2D eigenvalue weighted by Gasteiger charge is 2.04. The van der Waals surface area contributed by atoms with E-state index in [0.717, 1.165) is 15.9 Å². The van der Waals surface area contributed by atoms with Gasteiger partial charge >= 0.3 is 0 Å². The van der Waals surface area contributed by atoms with Gasteiger partial charge in [-0.1, -0.05) is 15.9 Å². The summed E-state index contributed by atoms with van der Waals surface area (Å²) in [5.74, 6) is 0.883. The summed E-state index contributed by atoms with van der Waals surface area (Å²) in [6.07, 6.45) is 1.91. The lowest BCUT2D eigenvalue weighted by Crippen LogP contribution is -1.98. The number of aryl methyl sites for hydroxylation is 3. The molecule has 4 heteroatoms. The summed E-state index contributed by atoms with van der Waals surface area (Å²) in [6.45, 7) is 4.62. The number of hydrogen-bond donors (Lipinski definition) is 0. The lowest BCUT2D eigenvalue weighted by molar-refractivity contribution is 0.299. The highest BCUT2D eigenvalue weighted by atomic mass is 79.9. The van der Waals surface area contributed by atoms with Crippen molar-refractivity contribution in [2.24, 2.45) is 7.05 Å². The van der Waals surface area contributed by atoms with Crippen LogP contribution in [0.4, 0.5) is 0 Å². The fourth-order valence-electron chi connectivity index (χ4n) is 1.69. The summed E-state index contributed by atoms with van der Waals surface area (Å²) < 4.78 is 8.64. The lowest BCUT2D eigenvalue weighted by Gasteiger charge is -2.09. The SMILES string of the molecule is Cc1cc(OCc2ccn(C)n2)cc(C)c1Br. The molecule has 3 nitrogen and oxygen atoms in total. The molecule has 17 heavy (non-hydrogen) atoms. The molecule has 0 amide bonds. The molecule has 2 aromatic rings. The number of aromatic nitrogens is 2. The van der Waals surface area contributed by atoms with Gasteiger partial charge in [-0.05, 0) is 43.2 Å². The van der Waals surface area contributed by atoms with Crippen molar-refractivity contribution in [3.05, 3.63) is 45.7 Å². The van der Waals surface area contributed by atoms with Crippen LogP contribution in [0.15, 0.2) is 28.9 Å². The average Bonchev–Trinajstić information content (AvgIpc) is 2.69. The maximum Gasteiger partial charge on any atom is 0.132 e. The second-order valence-corrected chi connectivity index (χ2v) is 4.93. The van der Waals surface area contributed by atoms with Crippen LogP contribution < -0.4 is 4.74 Å². The number of hydrogen-bond acceptors (Lipinski definition) is 2. The first-order chi connectivity index (χ1) is 8.06. The molecule has 0 atom stereocenters. The van der Waals surface area contributed by atoms with Gasteiger partial charge in [-0.15, -0.1) is 0 Å². The van der Waals surface area contributed by atoms with E-state index in [1.807, 2.05) is 31.4 Å². The minimum atomic E-state index is 0.501. The number of nitrogens with zero attached hydrogens (tertiary/aromatic N) is 2. The van der Waals surface area contributed by atoms with Crippen LogP contribution in [0, 0.1) is 13.8 Å². The highest BCUT2D eigenvalue weighted by molar-refractivity contribution is 9.10. The van der Waals surface area contributed by atoms with E-state index in [-0.39, 0.29) is 0 Å². The van der Waals surface area contributed by atoms with Gasteiger partial charge in [0.2, 0.25) is 0 Å². The summed E-state index contributed by atoms with van der Waals surface area (Å²) >= 11 is 3.54. The van der Waals surface area contributed by atoms with E-state index >= 15 is 0 Å². The summed E-state index contributed by atoms with van der Waals surface area (Å²) in [5, 5.41) is 4.27. The fraction of sp³-hybridized carbons (Fsp3) is 0.308. The molecule has 0 radical (unpaired) electrons. The zero-order valence-corrected chi connectivity index (χ0v) is 11.8. The van der Waals surface area contributed by atoms with Crippen LogP contribution in [0.5, 0.6) is 5.75 Å². The van der Waals surface area contributed by atoms with Crippen molar-refractivity contribution in [3.63, 3.8) is 0 Å². The molecule has 0 saturated carbocycles. The molecule has 0 aliphatic rings. The Balaban J connectivity index is 2.09. The molecule has 0 aliphatic heterocycles. The Morgan fingerprint density at radius 2 is 1.94 bits per heavy atom. The molecule has 0 N–H and O–H groups in total. The maximum atomic E-state index is 5.73. The summed E-state index contributed by atoms with van der Waals surface area (Å²) in [6, 6.07) is 6.01. The molecule has 0 aliphatic carbocycles. The van der Waals surface area contributed by atoms with Crippen LogP contribution in [0.25, 0.3) is 0 Å². The van der Waals surface area contributed by atoms with Crippen LogP contribution >= 0.6 is 15.9 Å². The molecule has 1 aromatic carbocycles. The van der Waals surface area contributed by atoms with Crippen molar-refractivity contribution in [2.75, 3.05) is 0 Å². The van der Waals surface area contributed by atoms with E-state index in [0.29, 0.717) is 6.61 Å². The molecule has 90 valence electrons. The van der Waals surface area contributed by atoms with Crippen molar-refractivity contribution >= 4 is 15.9 Å². The quantitative estimate of drug-likeness (QED) is 0.868. The summed E-state index contributed by atoms with van der Waals surface area (Å²) in [5.41, 5.74) is 3.30. The van der Waals surface area contributed by atoms with Crippen LogP contribution in [0.2, 0.25) is 0 Å². The first kappa shape index (κ1) is 12.2. The van der Waals surface area contributed by atoms with Gasteiger partial charge < -0.3 is 4.74 Å². The molecular weight excluding hydrogens is 280 g/mol. The Hall–Kier alpha value is -1.29.